The summed E-state index contributed by atoms with van der Waals surface area (Å²) in [6, 6.07) is 75.1. The maximum atomic E-state index is 6.95. The number of para-hydroxylation sites is 2. The number of rotatable bonds is 8. The van der Waals surface area contributed by atoms with Crippen LogP contribution in [0.5, 0.6) is 0 Å². The molecule has 0 aliphatic rings. The van der Waals surface area contributed by atoms with Crippen LogP contribution in [-0.2, 0) is 0 Å². The number of anilines is 6. The zero-order valence-electron chi connectivity index (χ0n) is 38.5. The molecule has 0 spiro atoms. The molecule has 2 aromatic heterocycles. The zero-order valence-corrected chi connectivity index (χ0v) is 38.5. The van der Waals surface area contributed by atoms with Crippen molar-refractivity contribution in [3.63, 3.8) is 0 Å². The van der Waals surface area contributed by atoms with E-state index in [-0.39, 0.29) is 0 Å². The lowest BCUT2D eigenvalue weighted by atomic mass is 9.98. The Bertz CT molecular complexity index is 3840. The van der Waals surface area contributed by atoms with E-state index < -0.39 is 0 Å². The van der Waals surface area contributed by atoms with E-state index in [1.807, 2.05) is 0 Å². The Labute approximate surface area is 394 Å². The van der Waals surface area contributed by atoms with Crippen LogP contribution >= 0.6 is 0 Å². The molecule has 4 heteroatoms. The molecule has 0 amide bonds. The average molecular weight is 877 g/mol. The van der Waals surface area contributed by atoms with E-state index in [1.54, 1.807) is 0 Å². The maximum absolute atomic E-state index is 6.95. The highest BCUT2D eigenvalue weighted by molar-refractivity contribution is 6.24. The first-order chi connectivity index (χ1) is 33.3. The zero-order chi connectivity index (χ0) is 45.6. The van der Waals surface area contributed by atoms with Crippen LogP contribution in [0.25, 0.3) is 87.0 Å². The van der Waals surface area contributed by atoms with Crippen LogP contribution in [0.3, 0.4) is 0 Å². The molecule has 13 rings (SSSR count). The van der Waals surface area contributed by atoms with Gasteiger partial charge in [-0.25, -0.2) is 0 Å². The minimum Gasteiger partial charge on any atom is -0.451 e. The van der Waals surface area contributed by atoms with Crippen molar-refractivity contribution in [1.82, 2.24) is 0 Å². The first kappa shape index (κ1) is 40.0. The molecule has 11 aromatic carbocycles. The fourth-order valence-electron chi connectivity index (χ4n) is 10.4. The number of furan rings is 2. The van der Waals surface area contributed by atoms with E-state index in [4.69, 9.17) is 8.83 Å². The Balaban J connectivity index is 0.902. The second-order valence-electron chi connectivity index (χ2n) is 19.0. The first-order valence-corrected chi connectivity index (χ1v) is 23.8. The number of nitrogens with zero attached hydrogens (tertiary/aromatic N) is 2. The summed E-state index contributed by atoms with van der Waals surface area (Å²) < 4.78 is 13.9. The molecule has 0 radical (unpaired) electrons. The summed E-state index contributed by atoms with van der Waals surface area (Å²) in [6.45, 7) is 8.98. The second kappa shape index (κ2) is 15.6. The van der Waals surface area contributed by atoms with Gasteiger partial charge in [0.15, 0.2) is 11.2 Å². The fourth-order valence-corrected chi connectivity index (χ4v) is 10.4. The number of benzene rings is 11. The Morgan fingerprint density at radius 3 is 0.985 bits per heavy atom. The van der Waals surface area contributed by atoms with E-state index in [0.717, 1.165) is 99.5 Å². The van der Waals surface area contributed by atoms with Gasteiger partial charge in [-0.05, 0) is 164 Å². The van der Waals surface area contributed by atoms with Crippen LogP contribution in [0.15, 0.2) is 215 Å². The van der Waals surface area contributed by atoms with Gasteiger partial charge < -0.3 is 18.6 Å². The SMILES string of the molecule is CC(C)c1ccc2cc(N(c3ccccc3)c3ccc4c(ccc5c6ccc7c8ccc9cc(N(c%10ccccc%10)c%10ccc%11cc(C(C)C)ccc%11c%10)ccc9c8oc7c6oc45)c3)ccc2c1. The van der Waals surface area contributed by atoms with Crippen LogP contribution < -0.4 is 9.80 Å². The third-order valence-corrected chi connectivity index (χ3v) is 14.1. The minimum absolute atomic E-state index is 0.481. The van der Waals surface area contributed by atoms with E-state index in [9.17, 15) is 0 Å². The van der Waals surface area contributed by atoms with Crippen LogP contribution in [0.4, 0.5) is 34.1 Å². The molecular formula is C64H48N2O2. The fraction of sp³-hybridized carbons (Fsp3) is 0.0938. The molecule has 0 atom stereocenters. The molecule has 0 N–H and O–H groups in total. The molecule has 4 nitrogen and oxygen atoms in total. The molecule has 0 unspecified atom stereocenters. The Morgan fingerprint density at radius 1 is 0.265 bits per heavy atom. The third-order valence-electron chi connectivity index (χ3n) is 14.1. The summed E-state index contributed by atoms with van der Waals surface area (Å²) in [6.07, 6.45) is 0. The van der Waals surface area contributed by atoms with Crippen molar-refractivity contribution in [3.8, 4) is 0 Å². The monoisotopic (exact) mass is 876 g/mol. The van der Waals surface area contributed by atoms with Crippen molar-refractivity contribution in [1.29, 1.82) is 0 Å². The summed E-state index contributed by atoms with van der Waals surface area (Å²) in [5, 5.41) is 13.5. The highest BCUT2D eigenvalue weighted by Crippen LogP contribution is 2.45. The summed E-state index contributed by atoms with van der Waals surface area (Å²) in [5.74, 6) is 0.962. The van der Waals surface area contributed by atoms with Gasteiger partial charge in [0.25, 0.3) is 0 Å². The van der Waals surface area contributed by atoms with Gasteiger partial charge in [-0.2, -0.15) is 0 Å². The normalized spacial score (nSPS) is 12.1. The molecule has 0 fully saturated rings. The third kappa shape index (κ3) is 6.51. The molecule has 2 heterocycles. The summed E-state index contributed by atoms with van der Waals surface area (Å²) in [7, 11) is 0. The highest BCUT2D eigenvalue weighted by Gasteiger charge is 2.21. The number of hydrogen-bond acceptors (Lipinski definition) is 4. The molecule has 68 heavy (non-hydrogen) atoms. The Hall–Kier alpha value is -8.34. The van der Waals surface area contributed by atoms with Crippen molar-refractivity contribution in [2.45, 2.75) is 39.5 Å². The predicted octanol–water partition coefficient (Wildman–Crippen LogP) is 19.3. The topological polar surface area (TPSA) is 32.8 Å². The molecule has 13 aromatic rings. The van der Waals surface area contributed by atoms with E-state index in [1.165, 1.54) is 32.7 Å². The van der Waals surface area contributed by atoms with Crippen molar-refractivity contribution in [2.75, 3.05) is 9.80 Å². The van der Waals surface area contributed by atoms with Gasteiger partial charge in [0, 0.05) is 66.4 Å². The van der Waals surface area contributed by atoms with Gasteiger partial charge in [0.1, 0.15) is 11.2 Å². The Morgan fingerprint density at radius 2 is 0.574 bits per heavy atom. The molecule has 0 saturated carbocycles. The first-order valence-electron chi connectivity index (χ1n) is 23.8. The van der Waals surface area contributed by atoms with E-state index in [0.29, 0.717) is 11.8 Å². The van der Waals surface area contributed by atoms with E-state index >= 15 is 0 Å². The summed E-state index contributed by atoms with van der Waals surface area (Å²) in [4.78, 5) is 4.68. The van der Waals surface area contributed by atoms with Crippen molar-refractivity contribution in [3.05, 3.63) is 217 Å². The largest absolute Gasteiger partial charge is 0.451 e. The molecule has 0 aliphatic heterocycles. The van der Waals surface area contributed by atoms with Gasteiger partial charge in [0.05, 0.1) is 0 Å². The number of fused-ring (bicyclic) bond motifs is 13. The lowest BCUT2D eigenvalue weighted by molar-refractivity contribution is 0.637. The lowest BCUT2D eigenvalue weighted by Gasteiger charge is -2.26. The summed E-state index contributed by atoms with van der Waals surface area (Å²) in [5.41, 5.74) is 12.5. The number of hydrogen-bond donors (Lipinski definition) is 0. The molecule has 326 valence electrons. The van der Waals surface area contributed by atoms with Gasteiger partial charge in [-0.1, -0.05) is 125 Å². The second-order valence-corrected chi connectivity index (χ2v) is 19.0. The van der Waals surface area contributed by atoms with Gasteiger partial charge in [-0.3, -0.25) is 0 Å². The van der Waals surface area contributed by atoms with Crippen LogP contribution in [0, 0.1) is 0 Å². The van der Waals surface area contributed by atoms with Crippen molar-refractivity contribution in [2.24, 2.45) is 0 Å². The lowest BCUT2D eigenvalue weighted by Crippen LogP contribution is -2.09. The van der Waals surface area contributed by atoms with Crippen molar-refractivity contribution >= 4 is 121 Å². The molecular weight excluding hydrogens is 829 g/mol. The van der Waals surface area contributed by atoms with Crippen LogP contribution in [0.2, 0.25) is 0 Å². The van der Waals surface area contributed by atoms with E-state index in [2.05, 4.69) is 244 Å². The predicted molar refractivity (Wildman–Crippen MR) is 289 cm³/mol. The minimum atomic E-state index is 0.481. The molecule has 0 saturated heterocycles. The highest BCUT2D eigenvalue weighted by atomic mass is 16.4. The molecule has 0 aliphatic carbocycles. The smallest absolute Gasteiger partial charge is 0.178 e. The standard InChI is InChI=1S/C64H48N2O2/c1-39(2)41-15-17-45-35-51(23-19-43(45)33-41)65(49-11-7-5-8-12-49)53-25-29-55-47(37-53)21-27-57-59-31-32-60-58-28-22-48-38-54(26-30-56(48)62(58)68-64(60)63(59)67-61(55)57)66(50-13-9-6-10-14-50)52-24-20-44-34-42(40(3)4)16-18-46(44)36-52/h5-40H,1-4H3. The molecule has 0 bridgehead atoms. The van der Waals surface area contributed by atoms with Gasteiger partial charge in [0.2, 0.25) is 0 Å². The van der Waals surface area contributed by atoms with Crippen LogP contribution in [0.1, 0.15) is 50.7 Å². The van der Waals surface area contributed by atoms with Crippen LogP contribution in [-0.4, -0.2) is 0 Å². The van der Waals surface area contributed by atoms with Gasteiger partial charge in [-0.15, -0.1) is 0 Å². The van der Waals surface area contributed by atoms with Crippen molar-refractivity contribution < 1.29 is 8.83 Å². The Kier molecular flexibility index (Phi) is 9.20. The van der Waals surface area contributed by atoms with Gasteiger partial charge >= 0.3 is 0 Å². The maximum Gasteiger partial charge on any atom is 0.178 e. The summed E-state index contributed by atoms with van der Waals surface area (Å²) >= 11 is 0. The average Bonchev–Trinajstić information content (AvgIpc) is 3.96. The quantitative estimate of drug-likeness (QED) is 0.152.